The van der Waals surface area contributed by atoms with Gasteiger partial charge in [-0.1, -0.05) is 25.1 Å². The average molecular weight is 496 g/mol. The number of halogens is 6. The number of aliphatic hydroxyl groups excluding tert-OH is 2. The Bertz CT molecular complexity index is 978. The number of aliphatic hydroxyl groups is 3. The highest BCUT2D eigenvalue weighted by molar-refractivity contribution is 7.11. The fourth-order valence-corrected chi connectivity index (χ4v) is 3.80. The fourth-order valence-electron chi connectivity index (χ4n) is 2.81. The van der Waals surface area contributed by atoms with Gasteiger partial charge in [0, 0.05) is 10.4 Å². The van der Waals surface area contributed by atoms with E-state index in [4.69, 9.17) is 4.74 Å². The first-order chi connectivity index (χ1) is 15.4. The van der Waals surface area contributed by atoms with E-state index in [1.54, 1.807) is 36.6 Å². The zero-order chi connectivity index (χ0) is 24.9. The van der Waals surface area contributed by atoms with Crippen molar-refractivity contribution in [2.45, 2.75) is 51.1 Å². The maximum Gasteiger partial charge on any atom is 0.430 e. The molecule has 0 fully saturated rings. The summed E-state index contributed by atoms with van der Waals surface area (Å²) < 4.78 is 82.3. The summed E-state index contributed by atoms with van der Waals surface area (Å²) in [6, 6.07) is 6.53. The van der Waals surface area contributed by atoms with Crippen LogP contribution in [-0.2, 0) is 19.8 Å². The van der Waals surface area contributed by atoms with Crippen molar-refractivity contribution in [2.24, 2.45) is 0 Å². The lowest BCUT2D eigenvalue weighted by molar-refractivity contribution is -0.347. The van der Waals surface area contributed by atoms with Crippen LogP contribution in [0.2, 0.25) is 0 Å². The van der Waals surface area contributed by atoms with Crippen LogP contribution in [0.15, 0.2) is 47.9 Å². The van der Waals surface area contributed by atoms with E-state index in [-0.39, 0.29) is 25.9 Å². The summed E-state index contributed by atoms with van der Waals surface area (Å²) in [7, 11) is 0. The molecule has 1 aromatic heterocycles. The first-order valence-electron chi connectivity index (χ1n) is 9.64. The van der Waals surface area contributed by atoms with Crippen molar-refractivity contribution in [1.82, 2.24) is 0 Å². The Morgan fingerprint density at radius 1 is 1.00 bits per heavy atom. The van der Waals surface area contributed by atoms with Crippen molar-refractivity contribution in [1.29, 1.82) is 0 Å². The van der Waals surface area contributed by atoms with Crippen LogP contribution in [0.4, 0.5) is 26.3 Å². The van der Waals surface area contributed by atoms with Gasteiger partial charge in [0.1, 0.15) is 12.4 Å². The van der Waals surface area contributed by atoms with Gasteiger partial charge in [-0.3, -0.25) is 0 Å². The number of hydrogen-bond donors (Lipinski definition) is 3. The maximum absolute atomic E-state index is 12.8. The molecule has 182 valence electrons. The third kappa shape index (κ3) is 6.38. The van der Waals surface area contributed by atoms with Gasteiger partial charge in [0.15, 0.2) is 0 Å². The van der Waals surface area contributed by atoms with Crippen molar-refractivity contribution in [3.63, 3.8) is 0 Å². The minimum Gasteiger partial charge on any atom is -0.489 e. The smallest absolute Gasteiger partial charge is 0.430 e. The number of benzene rings is 1. The summed E-state index contributed by atoms with van der Waals surface area (Å²) in [6.07, 6.45) is -10.2. The Morgan fingerprint density at radius 2 is 1.64 bits per heavy atom. The lowest BCUT2D eigenvalue weighted by Gasteiger charge is -2.29. The van der Waals surface area contributed by atoms with E-state index >= 15 is 0 Å². The molecule has 0 saturated carbocycles. The molecule has 1 aromatic carbocycles. The molecule has 2 rings (SSSR count). The van der Waals surface area contributed by atoms with Crippen molar-refractivity contribution < 1.29 is 46.4 Å². The van der Waals surface area contributed by atoms with Crippen LogP contribution in [-0.4, -0.2) is 33.3 Å². The second-order valence-electron chi connectivity index (χ2n) is 7.02. The van der Waals surface area contributed by atoms with E-state index in [9.17, 15) is 41.7 Å². The number of alkyl halides is 6. The highest BCUT2D eigenvalue weighted by Crippen LogP contribution is 2.44. The second-order valence-corrected chi connectivity index (χ2v) is 7.93. The number of thiophene rings is 1. The van der Waals surface area contributed by atoms with Crippen LogP contribution in [0.3, 0.4) is 0 Å². The van der Waals surface area contributed by atoms with Crippen molar-refractivity contribution >= 4 is 16.9 Å². The minimum absolute atomic E-state index is 0.134. The SMILES string of the molecule is CC/C(=C\C=C\C(O)(C(F)(F)F)C(F)(F)F)c1cc(COc2ccc(CO)c(CO)c2)cs1. The molecular weight excluding hydrogens is 474 g/mol. The van der Waals surface area contributed by atoms with E-state index in [1.807, 2.05) is 0 Å². The number of hydrogen-bond acceptors (Lipinski definition) is 5. The second kappa shape index (κ2) is 10.7. The molecule has 0 amide bonds. The van der Waals surface area contributed by atoms with Crippen LogP contribution in [0.25, 0.3) is 5.57 Å². The maximum atomic E-state index is 12.8. The fraction of sp³-hybridized carbons (Fsp3) is 0.364. The van der Waals surface area contributed by atoms with Gasteiger partial charge in [0.25, 0.3) is 5.60 Å². The molecule has 0 unspecified atom stereocenters. The zero-order valence-corrected chi connectivity index (χ0v) is 18.2. The summed E-state index contributed by atoms with van der Waals surface area (Å²) in [5.41, 5.74) is -2.66. The predicted octanol–water partition coefficient (Wildman–Crippen LogP) is 5.52. The highest BCUT2D eigenvalue weighted by Gasteiger charge is 2.68. The molecule has 0 bridgehead atoms. The molecule has 3 N–H and O–H groups in total. The molecule has 0 aliphatic carbocycles. The summed E-state index contributed by atoms with van der Waals surface area (Å²) in [4.78, 5) is 0.620. The van der Waals surface area contributed by atoms with E-state index < -0.39 is 18.0 Å². The number of allylic oxidation sites excluding steroid dienone is 3. The van der Waals surface area contributed by atoms with E-state index in [0.717, 1.165) is 11.6 Å². The number of rotatable bonds is 9. The van der Waals surface area contributed by atoms with Crippen molar-refractivity contribution in [3.05, 3.63) is 69.4 Å². The molecule has 33 heavy (non-hydrogen) atoms. The monoisotopic (exact) mass is 496 g/mol. The van der Waals surface area contributed by atoms with Gasteiger partial charge in [0.05, 0.1) is 13.2 Å². The van der Waals surface area contributed by atoms with Crippen LogP contribution >= 0.6 is 11.3 Å². The molecule has 0 radical (unpaired) electrons. The van der Waals surface area contributed by atoms with Gasteiger partial charge in [-0.05, 0) is 52.8 Å². The minimum atomic E-state index is -5.92. The molecule has 4 nitrogen and oxygen atoms in total. The van der Waals surface area contributed by atoms with Gasteiger partial charge in [-0.25, -0.2) is 0 Å². The van der Waals surface area contributed by atoms with Crippen LogP contribution in [0.5, 0.6) is 5.75 Å². The first kappa shape index (κ1) is 26.9. The van der Waals surface area contributed by atoms with Crippen LogP contribution in [0, 0.1) is 0 Å². The molecule has 0 atom stereocenters. The van der Waals surface area contributed by atoms with Crippen LogP contribution < -0.4 is 4.74 Å². The van der Waals surface area contributed by atoms with Gasteiger partial charge in [-0.2, -0.15) is 26.3 Å². The van der Waals surface area contributed by atoms with E-state index in [2.05, 4.69) is 0 Å². The lowest BCUT2D eigenvalue weighted by atomic mass is 10.0. The first-order valence-corrected chi connectivity index (χ1v) is 10.5. The highest BCUT2D eigenvalue weighted by atomic mass is 32.1. The third-order valence-electron chi connectivity index (χ3n) is 4.77. The third-order valence-corrected chi connectivity index (χ3v) is 5.83. The summed E-state index contributed by atoms with van der Waals surface area (Å²) in [5.74, 6) is 0.455. The Hall–Kier alpha value is -2.34. The van der Waals surface area contributed by atoms with Gasteiger partial charge >= 0.3 is 12.4 Å². The van der Waals surface area contributed by atoms with Crippen molar-refractivity contribution in [2.75, 3.05) is 0 Å². The molecule has 0 spiro atoms. The zero-order valence-electron chi connectivity index (χ0n) is 17.4. The van der Waals surface area contributed by atoms with Gasteiger partial charge in [-0.15, -0.1) is 11.3 Å². The van der Waals surface area contributed by atoms with Crippen LogP contribution in [0.1, 0.15) is 34.9 Å². The predicted molar refractivity (Wildman–Crippen MR) is 111 cm³/mol. The summed E-state index contributed by atoms with van der Waals surface area (Å²) in [5, 5.41) is 29.5. The Kier molecular flexibility index (Phi) is 8.75. The standard InChI is InChI=1S/C22H22F6O4S/c1-2-15(4-3-7-20(31,21(23,24)25)22(26,27)28)19-8-14(13-33-19)12-32-18-6-5-16(10-29)17(9-18)11-30/h3-9,13,29-31H,2,10-12H2,1H3/b7-3+,15-4+. The topological polar surface area (TPSA) is 69.9 Å². The van der Waals surface area contributed by atoms with Gasteiger partial charge in [0.2, 0.25) is 0 Å². The quantitative estimate of drug-likeness (QED) is 0.316. The molecule has 2 aromatic rings. The Labute approximate surface area is 190 Å². The molecule has 0 aliphatic heterocycles. The Morgan fingerprint density at radius 3 is 2.18 bits per heavy atom. The Balaban J connectivity index is 2.15. The summed E-state index contributed by atoms with van der Waals surface area (Å²) in [6.45, 7) is 1.32. The van der Waals surface area contributed by atoms with E-state index in [1.165, 1.54) is 11.3 Å². The molecule has 0 saturated heterocycles. The summed E-state index contributed by atoms with van der Waals surface area (Å²) >= 11 is 1.24. The average Bonchev–Trinajstić information content (AvgIpc) is 3.22. The van der Waals surface area contributed by atoms with Crippen molar-refractivity contribution in [3.8, 4) is 5.75 Å². The van der Waals surface area contributed by atoms with E-state index in [0.29, 0.717) is 39.8 Å². The molecular formula is C22H22F6O4S. The molecule has 11 heteroatoms. The number of ether oxygens (including phenoxy) is 1. The normalized spacial score (nSPS) is 13.7. The molecule has 1 heterocycles. The lowest BCUT2D eigenvalue weighted by Crippen LogP contribution is -2.55. The molecule has 0 aliphatic rings. The van der Waals surface area contributed by atoms with Gasteiger partial charge < -0.3 is 20.1 Å². The largest absolute Gasteiger partial charge is 0.489 e.